The normalized spacial score (nSPS) is 10.5. The molecule has 13 heavy (non-hydrogen) atoms. The lowest BCUT2D eigenvalue weighted by molar-refractivity contribution is 0.718. The van der Waals surface area contributed by atoms with Gasteiger partial charge in [-0.15, -0.1) is 0 Å². The minimum atomic E-state index is -0.282. The fraction of sp³-hybridized carbons (Fsp3) is 0.125. The molecule has 0 unspecified atom stereocenters. The van der Waals surface area contributed by atoms with Crippen LogP contribution in [-0.4, -0.2) is 14.8 Å². The minimum absolute atomic E-state index is 0.261. The first-order valence-corrected chi connectivity index (χ1v) is 3.73. The molecule has 2 heterocycles. The van der Waals surface area contributed by atoms with E-state index in [0.717, 1.165) is 0 Å². The lowest BCUT2D eigenvalue weighted by Crippen LogP contribution is -2.20. The number of aryl methyl sites for hydroxylation is 1. The molecule has 2 aromatic heterocycles. The summed E-state index contributed by atoms with van der Waals surface area (Å²) in [6, 6.07) is 1.28. The van der Waals surface area contributed by atoms with Crippen LogP contribution in [0.5, 0.6) is 0 Å². The molecule has 0 aliphatic heterocycles. The highest BCUT2D eigenvalue weighted by atomic mass is 16.1. The van der Waals surface area contributed by atoms with Gasteiger partial charge in [0, 0.05) is 24.7 Å². The maximum Gasteiger partial charge on any atom is 0.274 e. The number of rotatable bonds is 0. The average molecular weight is 177 g/mol. The van der Waals surface area contributed by atoms with Crippen molar-refractivity contribution in [3.8, 4) is 0 Å². The molecule has 1 N–H and O–H groups in total. The Morgan fingerprint density at radius 2 is 2.23 bits per heavy atom. The van der Waals surface area contributed by atoms with Crippen LogP contribution < -0.4 is 11.1 Å². The van der Waals surface area contributed by atoms with Crippen molar-refractivity contribution in [2.24, 2.45) is 7.05 Å². The molecule has 0 saturated carbocycles. The van der Waals surface area contributed by atoms with E-state index in [0.29, 0.717) is 10.8 Å². The van der Waals surface area contributed by atoms with E-state index in [2.05, 4.69) is 10.1 Å². The molecule has 0 aliphatic rings. The van der Waals surface area contributed by atoms with E-state index in [4.69, 9.17) is 0 Å². The van der Waals surface area contributed by atoms with Crippen LogP contribution in [0.1, 0.15) is 0 Å². The third-order valence-electron chi connectivity index (χ3n) is 1.85. The van der Waals surface area contributed by atoms with E-state index in [1.54, 1.807) is 7.05 Å². The molecule has 0 bridgehead atoms. The SMILES string of the molecule is Cn1ncc2c[nH]c(=O)cc2c1=O. The summed E-state index contributed by atoms with van der Waals surface area (Å²) in [6.45, 7) is 0. The van der Waals surface area contributed by atoms with Crippen molar-refractivity contribution in [1.82, 2.24) is 14.8 Å². The van der Waals surface area contributed by atoms with Crippen LogP contribution in [0.4, 0.5) is 0 Å². The predicted octanol–water partition coefficient (Wildman–Crippen LogP) is -0.378. The van der Waals surface area contributed by atoms with Gasteiger partial charge in [-0.1, -0.05) is 0 Å². The first-order chi connectivity index (χ1) is 6.18. The molecule has 0 saturated heterocycles. The molecule has 2 rings (SSSR count). The predicted molar refractivity (Wildman–Crippen MR) is 47.6 cm³/mol. The monoisotopic (exact) mass is 177 g/mol. The molecule has 2 aromatic rings. The maximum absolute atomic E-state index is 11.4. The zero-order valence-corrected chi connectivity index (χ0v) is 6.94. The number of fused-ring (bicyclic) bond motifs is 1. The van der Waals surface area contributed by atoms with Gasteiger partial charge in [0.05, 0.1) is 11.6 Å². The number of nitrogens with zero attached hydrogens (tertiary/aromatic N) is 2. The van der Waals surface area contributed by atoms with Gasteiger partial charge in [-0.3, -0.25) is 9.59 Å². The second-order valence-corrected chi connectivity index (χ2v) is 2.74. The Labute approximate surface area is 72.6 Å². The van der Waals surface area contributed by atoms with Gasteiger partial charge < -0.3 is 4.98 Å². The Kier molecular flexibility index (Phi) is 1.51. The van der Waals surface area contributed by atoms with Crippen LogP contribution in [-0.2, 0) is 7.05 Å². The summed E-state index contributed by atoms with van der Waals surface area (Å²) in [5.41, 5.74) is -0.542. The van der Waals surface area contributed by atoms with E-state index in [-0.39, 0.29) is 11.1 Å². The summed E-state index contributed by atoms with van der Waals surface area (Å²) in [5, 5.41) is 4.85. The topological polar surface area (TPSA) is 67.8 Å². The average Bonchev–Trinajstić information content (AvgIpc) is 2.12. The lowest BCUT2D eigenvalue weighted by Gasteiger charge is -1.97. The van der Waals surface area contributed by atoms with Gasteiger partial charge in [0.15, 0.2) is 0 Å². The Morgan fingerprint density at radius 1 is 1.46 bits per heavy atom. The molecule has 0 amide bonds. The number of aromatic nitrogens is 3. The van der Waals surface area contributed by atoms with Crippen LogP contribution in [0.15, 0.2) is 28.0 Å². The van der Waals surface area contributed by atoms with Gasteiger partial charge >= 0.3 is 0 Å². The highest BCUT2D eigenvalue weighted by molar-refractivity contribution is 5.79. The van der Waals surface area contributed by atoms with Crippen LogP contribution in [0, 0.1) is 0 Å². The van der Waals surface area contributed by atoms with Gasteiger partial charge in [-0.25, -0.2) is 4.68 Å². The first kappa shape index (κ1) is 7.72. The highest BCUT2D eigenvalue weighted by Crippen LogP contribution is 2.00. The summed E-state index contributed by atoms with van der Waals surface area (Å²) >= 11 is 0. The van der Waals surface area contributed by atoms with E-state index >= 15 is 0 Å². The van der Waals surface area contributed by atoms with Crippen molar-refractivity contribution in [2.75, 3.05) is 0 Å². The Morgan fingerprint density at radius 3 is 3.00 bits per heavy atom. The lowest BCUT2D eigenvalue weighted by atomic mass is 10.2. The van der Waals surface area contributed by atoms with Crippen molar-refractivity contribution in [3.05, 3.63) is 39.2 Å². The summed E-state index contributed by atoms with van der Waals surface area (Å²) < 4.78 is 1.20. The van der Waals surface area contributed by atoms with Gasteiger partial charge in [-0.05, 0) is 0 Å². The van der Waals surface area contributed by atoms with Crippen molar-refractivity contribution in [1.29, 1.82) is 0 Å². The summed E-state index contributed by atoms with van der Waals surface area (Å²) in [7, 11) is 1.54. The molecular weight excluding hydrogens is 170 g/mol. The molecule has 5 heteroatoms. The molecule has 5 nitrogen and oxygen atoms in total. The summed E-state index contributed by atoms with van der Waals surface area (Å²) in [6.07, 6.45) is 3.01. The fourth-order valence-corrected chi connectivity index (χ4v) is 1.15. The zero-order valence-electron chi connectivity index (χ0n) is 6.94. The molecular formula is C8H7N3O2. The fourth-order valence-electron chi connectivity index (χ4n) is 1.15. The van der Waals surface area contributed by atoms with Gasteiger partial charge in [-0.2, -0.15) is 5.10 Å². The smallest absolute Gasteiger partial charge is 0.274 e. The first-order valence-electron chi connectivity index (χ1n) is 3.73. The van der Waals surface area contributed by atoms with E-state index in [1.807, 2.05) is 0 Å². The number of aromatic amines is 1. The van der Waals surface area contributed by atoms with Gasteiger partial charge in [0.2, 0.25) is 5.56 Å². The second kappa shape index (κ2) is 2.55. The molecule has 0 aliphatic carbocycles. The molecule has 0 spiro atoms. The highest BCUT2D eigenvalue weighted by Gasteiger charge is 2.00. The molecule has 0 aromatic carbocycles. The number of hydrogen-bond acceptors (Lipinski definition) is 3. The van der Waals surface area contributed by atoms with Crippen molar-refractivity contribution >= 4 is 10.8 Å². The molecule has 0 atom stereocenters. The van der Waals surface area contributed by atoms with E-state index in [1.165, 1.54) is 23.1 Å². The van der Waals surface area contributed by atoms with Crippen LogP contribution in [0.2, 0.25) is 0 Å². The Hall–Kier alpha value is -1.91. The van der Waals surface area contributed by atoms with Gasteiger partial charge in [0.25, 0.3) is 5.56 Å². The van der Waals surface area contributed by atoms with Crippen molar-refractivity contribution in [2.45, 2.75) is 0 Å². The standard InChI is InChI=1S/C8H7N3O2/c1-11-8(13)6-2-7(12)9-3-5(6)4-10-11/h2-4H,1H3,(H,9,12). The Balaban J connectivity index is 3.06. The van der Waals surface area contributed by atoms with Crippen molar-refractivity contribution < 1.29 is 0 Å². The quantitative estimate of drug-likeness (QED) is 0.596. The minimum Gasteiger partial charge on any atom is -0.328 e. The second-order valence-electron chi connectivity index (χ2n) is 2.74. The largest absolute Gasteiger partial charge is 0.328 e. The Bertz CT molecular complexity index is 567. The third-order valence-corrected chi connectivity index (χ3v) is 1.85. The number of H-pyrrole nitrogens is 1. The number of hydrogen-bond donors (Lipinski definition) is 1. The summed E-state index contributed by atoms with van der Waals surface area (Å²) in [4.78, 5) is 24.8. The van der Waals surface area contributed by atoms with Gasteiger partial charge in [0.1, 0.15) is 0 Å². The number of nitrogens with one attached hydrogen (secondary N) is 1. The molecule has 0 radical (unpaired) electrons. The zero-order chi connectivity index (χ0) is 9.42. The van der Waals surface area contributed by atoms with Crippen molar-refractivity contribution in [3.63, 3.8) is 0 Å². The van der Waals surface area contributed by atoms with Crippen LogP contribution in [0.25, 0.3) is 10.8 Å². The summed E-state index contributed by atoms with van der Waals surface area (Å²) in [5.74, 6) is 0. The van der Waals surface area contributed by atoms with E-state index in [9.17, 15) is 9.59 Å². The number of pyridine rings is 1. The molecule has 0 fully saturated rings. The van der Waals surface area contributed by atoms with E-state index < -0.39 is 0 Å². The van der Waals surface area contributed by atoms with Crippen LogP contribution >= 0.6 is 0 Å². The van der Waals surface area contributed by atoms with Crippen LogP contribution in [0.3, 0.4) is 0 Å². The maximum atomic E-state index is 11.4. The molecule has 66 valence electrons. The third kappa shape index (κ3) is 1.14.